The fourth-order valence-electron chi connectivity index (χ4n) is 3.31. The van der Waals surface area contributed by atoms with Crippen molar-refractivity contribution in [3.63, 3.8) is 0 Å². The number of furan rings is 1. The molecule has 4 rings (SSSR count). The van der Waals surface area contributed by atoms with Gasteiger partial charge in [-0.3, -0.25) is 4.79 Å². The summed E-state index contributed by atoms with van der Waals surface area (Å²) in [5.74, 6) is -0.135. The number of amides is 2. The summed E-state index contributed by atoms with van der Waals surface area (Å²) in [7, 11) is 0. The molecule has 0 aliphatic carbocycles. The number of hydrogen-bond acceptors (Lipinski definition) is 4. The third kappa shape index (κ3) is 4.01. The van der Waals surface area contributed by atoms with Crippen molar-refractivity contribution in [1.29, 1.82) is 0 Å². The van der Waals surface area contributed by atoms with Crippen molar-refractivity contribution < 1.29 is 18.7 Å². The second-order valence-electron chi connectivity index (χ2n) is 6.71. The zero-order valence-corrected chi connectivity index (χ0v) is 15.3. The second-order valence-corrected chi connectivity index (χ2v) is 6.71. The Morgan fingerprint density at radius 2 is 1.93 bits per heavy atom. The van der Waals surface area contributed by atoms with Gasteiger partial charge >= 0.3 is 6.09 Å². The highest BCUT2D eigenvalue weighted by Crippen LogP contribution is 2.26. The summed E-state index contributed by atoms with van der Waals surface area (Å²) >= 11 is 0. The van der Waals surface area contributed by atoms with E-state index in [1.165, 1.54) is 0 Å². The molecule has 1 aromatic heterocycles. The van der Waals surface area contributed by atoms with Crippen LogP contribution in [0.25, 0.3) is 11.0 Å². The summed E-state index contributed by atoms with van der Waals surface area (Å²) in [6.07, 6.45) is 1.84. The van der Waals surface area contributed by atoms with Gasteiger partial charge in [0.1, 0.15) is 11.7 Å². The van der Waals surface area contributed by atoms with Crippen molar-refractivity contribution in [2.75, 3.05) is 13.1 Å². The van der Waals surface area contributed by atoms with Crippen LogP contribution in [0, 0.1) is 6.54 Å². The van der Waals surface area contributed by atoms with E-state index in [0.29, 0.717) is 19.5 Å². The minimum atomic E-state index is -0.379. The van der Waals surface area contributed by atoms with Crippen LogP contribution in [0.15, 0.2) is 65.3 Å². The first kappa shape index (κ1) is 18.1. The highest BCUT2D eigenvalue weighted by molar-refractivity contribution is 5.81. The van der Waals surface area contributed by atoms with Gasteiger partial charge < -0.3 is 19.4 Å². The Morgan fingerprint density at radius 1 is 1.14 bits per heavy atom. The monoisotopic (exact) mass is 377 g/mol. The molecule has 0 bridgehead atoms. The van der Waals surface area contributed by atoms with Gasteiger partial charge in [0.2, 0.25) is 5.91 Å². The van der Waals surface area contributed by atoms with Gasteiger partial charge in [0.15, 0.2) is 0 Å². The number of ether oxygens (including phenoxy) is 1. The van der Waals surface area contributed by atoms with Crippen molar-refractivity contribution in [3.05, 3.63) is 78.5 Å². The average Bonchev–Trinajstić information content (AvgIpc) is 3.31. The number of para-hydroxylation sites is 1. The molecule has 1 fully saturated rings. The molecule has 1 saturated heterocycles. The summed E-state index contributed by atoms with van der Waals surface area (Å²) in [6.45, 7) is 2.51. The van der Waals surface area contributed by atoms with Crippen molar-refractivity contribution in [2.45, 2.75) is 18.9 Å². The maximum atomic E-state index is 12.1. The van der Waals surface area contributed by atoms with E-state index in [1.54, 1.807) is 17.7 Å². The number of carbonyl (C=O) groups is 2. The predicted molar refractivity (Wildman–Crippen MR) is 104 cm³/mol. The molecule has 2 aromatic carbocycles. The second kappa shape index (κ2) is 8.17. The Morgan fingerprint density at radius 3 is 2.79 bits per heavy atom. The topological polar surface area (TPSA) is 71.8 Å². The maximum Gasteiger partial charge on any atom is 0.410 e. The van der Waals surface area contributed by atoms with E-state index in [9.17, 15) is 9.59 Å². The van der Waals surface area contributed by atoms with Gasteiger partial charge in [0.05, 0.1) is 19.4 Å². The third-order valence-electron chi connectivity index (χ3n) is 4.81. The molecule has 1 N–H and O–H groups in total. The molecule has 1 aliphatic rings. The molecule has 0 spiro atoms. The number of benzene rings is 2. The van der Waals surface area contributed by atoms with Gasteiger partial charge in [-0.2, -0.15) is 0 Å². The molecule has 28 heavy (non-hydrogen) atoms. The molecule has 1 unspecified atom stereocenters. The average molecular weight is 377 g/mol. The molecule has 1 radical (unpaired) electrons. The van der Waals surface area contributed by atoms with Crippen molar-refractivity contribution in [1.82, 2.24) is 10.2 Å². The van der Waals surface area contributed by atoms with Crippen LogP contribution in [-0.2, 0) is 16.0 Å². The number of hydrogen-bond donors (Lipinski definition) is 1. The first-order valence-corrected chi connectivity index (χ1v) is 9.27. The van der Waals surface area contributed by atoms with Crippen molar-refractivity contribution in [3.8, 4) is 0 Å². The molecule has 143 valence electrons. The fraction of sp³-hybridized carbons (Fsp3) is 0.227. The fourth-order valence-corrected chi connectivity index (χ4v) is 3.31. The molecule has 1 atom stereocenters. The summed E-state index contributed by atoms with van der Waals surface area (Å²) in [5.41, 5.74) is 2.81. The Bertz CT molecular complexity index is 967. The van der Waals surface area contributed by atoms with E-state index < -0.39 is 0 Å². The number of nitrogens with one attached hydrogen (secondary N) is 1. The molecule has 6 heteroatoms. The summed E-state index contributed by atoms with van der Waals surface area (Å²) < 4.78 is 10.9. The van der Waals surface area contributed by atoms with Crippen LogP contribution in [-0.4, -0.2) is 30.0 Å². The number of carbonyl (C=O) groups excluding carboxylic acids is 2. The normalized spacial score (nSPS) is 16.4. The van der Waals surface area contributed by atoms with E-state index in [-0.39, 0.29) is 24.5 Å². The summed E-state index contributed by atoms with van der Waals surface area (Å²) in [4.78, 5) is 25.7. The molecular formula is C22H21N2O4. The van der Waals surface area contributed by atoms with Crippen LogP contribution >= 0.6 is 0 Å². The summed E-state index contributed by atoms with van der Waals surface area (Å²) in [6, 6.07) is 17.4. The van der Waals surface area contributed by atoms with E-state index in [1.807, 2.05) is 54.6 Å². The number of fused-ring (bicyclic) bond motifs is 1. The molecule has 2 heterocycles. The number of nitrogens with zero attached hydrogens (tertiary/aromatic N) is 1. The quantitative estimate of drug-likeness (QED) is 0.679. The van der Waals surface area contributed by atoms with Crippen molar-refractivity contribution >= 4 is 23.0 Å². The maximum absolute atomic E-state index is 12.1. The van der Waals surface area contributed by atoms with Crippen LogP contribution in [0.5, 0.6) is 0 Å². The van der Waals surface area contributed by atoms with Crippen LogP contribution in [0.3, 0.4) is 0 Å². The predicted octanol–water partition coefficient (Wildman–Crippen LogP) is 3.84. The molecule has 0 saturated carbocycles. The lowest BCUT2D eigenvalue weighted by molar-refractivity contribution is -0.120. The van der Waals surface area contributed by atoms with Crippen LogP contribution in [0.4, 0.5) is 4.79 Å². The summed E-state index contributed by atoms with van der Waals surface area (Å²) in [5, 5.41) is 3.82. The lowest BCUT2D eigenvalue weighted by Crippen LogP contribution is -2.30. The third-order valence-corrected chi connectivity index (χ3v) is 4.81. The van der Waals surface area contributed by atoms with Gasteiger partial charge in [0.25, 0.3) is 0 Å². The standard InChI is InChI=1S/C22H21N2O4/c25-21(23-12-10-17-15-27-19-9-5-4-8-18(17)19)11-13-24-14-20(28-22(24)26)16-6-2-1-3-7-16/h1-9,12,15,20H,10-11,13-14H2,(H,23,25). The number of rotatable bonds is 7. The van der Waals surface area contributed by atoms with Gasteiger partial charge in [0, 0.05) is 23.9 Å². The van der Waals surface area contributed by atoms with Gasteiger partial charge in [-0.1, -0.05) is 48.5 Å². The SMILES string of the molecule is O=C(CCN1CC(c2ccccc2)OC1=O)N[CH]Cc1coc2ccccc12. The van der Waals surface area contributed by atoms with Gasteiger partial charge in [-0.05, 0) is 18.1 Å². The Labute approximate surface area is 163 Å². The molecule has 2 amide bonds. The Kier molecular flexibility index (Phi) is 5.28. The molecule has 6 nitrogen and oxygen atoms in total. The van der Waals surface area contributed by atoms with Crippen LogP contribution in [0.2, 0.25) is 0 Å². The van der Waals surface area contributed by atoms with E-state index >= 15 is 0 Å². The van der Waals surface area contributed by atoms with E-state index in [0.717, 1.165) is 22.1 Å². The Hall–Kier alpha value is -3.28. The molecule has 1 aliphatic heterocycles. The first-order valence-electron chi connectivity index (χ1n) is 9.27. The van der Waals surface area contributed by atoms with E-state index in [2.05, 4.69) is 5.32 Å². The lowest BCUT2D eigenvalue weighted by Gasteiger charge is -2.12. The Balaban J connectivity index is 1.22. The van der Waals surface area contributed by atoms with E-state index in [4.69, 9.17) is 9.15 Å². The highest BCUT2D eigenvalue weighted by atomic mass is 16.6. The highest BCUT2D eigenvalue weighted by Gasteiger charge is 2.32. The molecular weight excluding hydrogens is 356 g/mol. The van der Waals surface area contributed by atoms with Crippen molar-refractivity contribution in [2.24, 2.45) is 0 Å². The van der Waals surface area contributed by atoms with Crippen LogP contribution in [0.1, 0.15) is 23.7 Å². The zero-order chi connectivity index (χ0) is 19.3. The molecule has 3 aromatic rings. The minimum absolute atomic E-state index is 0.135. The lowest BCUT2D eigenvalue weighted by atomic mass is 10.1. The van der Waals surface area contributed by atoms with Crippen LogP contribution < -0.4 is 5.32 Å². The minimum Gasteiger partial charge on any atom is -0.464 e. The first-order chi connectivity index (χ1) is 13.7. The number of cyclic esters (lactones) is 1. The smallest absolute Gasteiger partial charge is 0.410 e. The van der Waals surface area contributed by atoms with Gasteiger partial charge in [-0.25, -0.2) is 4.79 Å². The van der Waals surface area contributed by atoms with Gasteiger partial charge in [-0.15, -0.1) is 0 Å². The largest absolute Gasteiger partial charge is 0.464 e. The zero-order valence-electron chi connectivity index (χ0n) is 15.3.